The molecule has 0 aliphatic carbocycles. The zero-order valence-corrected chi connectivity index (χ0v) is 15.2. The van der Waals surface area contributed by atoms with E-state index in [2.05, 4.69) is 31.0 Å². The molecule has 1 heterocycles. The molecule has 3 nitrogen and oxygen atoms in total. The third kappa shape index (κ3) is 6.47. The molecule has 2 aromatic carbocycles. The Kier molecular flexibility index (Phi) is 6.66. The molecule has 0 fully saturated rings. The van der Waals surface area contributed by atoms with Crippen molar-refractivity contribution < 1.29 is 31.4 Å². The number of methoxy groups -OCH3 is 1. The molecule has 8 heteroatoms. The molecule has 0 saturated heterocycles. The third-order valence-electron chi connectivity index (χ3n) is 3.49. The topological polar surface area (TPSA) is 36.3 Å². The van der Waals surface area contributed by atoms with E-state index in [1.54, 1.807) is 7.11 Å². The number of rotatable bonds is 3. The zero-order chi connectivity index (χ0) is 20.0. The molecule has 0 saturated carbocycles. The van der Waals surface area contributed by atoms with Gasteiger partial charge in [-0.25, -0.2) is 4.99 Å². The average Bonchev–Trinajstić information content (AvgIpc) is 2.60. The maximum absolute atomic E-state index is 9.75. The first-order chi connectivity index (χ1) is 12.7. The Morgan fingerprint density at radius 2 is 1.56 bits per heavy atom. The predicted molar refractivity (Wildman–Crippen MR) is 97.6 cm³/mol. The van der Waals surface area contributed by atoms with Crippen LogP contribution in [0.4, 0.5) is 17.3 Å². The lowest BCUT2D eigenvalue weighted by molar-refractivity contribution is -0.533. The van der Waals surface area contributed by atoms with Crippen LogP contribution < -0.4 is 15.1 Å². The summed E-state index contributed by atoms with van der Waals surface area (Å²) in [7, 11) is -4.33. The summed E-state index contributed by atoms with van der Waals surface area (Å²) in [6, 6.07) is 18.4. The van der Waals surface area contributed by atoms with E-state index in [-0.39, 0.29) is 0 Å². The van der Waals surface area contributed by atoms with Gasteiger partial charge in [0.15, 0.2) is 0 Å². The number of benzene rings is 2. The molecule has 0 radical (unpaired) electrons. The molecule has 0 bridgehead atoms. The minimum atomic E-state index is -6.00. The monoisotopic (exact) mass is 381 g/mol. The number of ether oxygens (including phenoxy) is 1. The van der Waals surface area contributed by atoms with Gasteiger partial charge < -0.3 is 26.4 Å². The lowest BCUT2D eigenvalue weighted by Crippen LogP contribution is -2.81. The number of hydrogen-bond acceptors (Lipinski definition) is 2. The van der Waals surface area contributed by atoms with Gasteiger partial charge in [0.25, 0.3) is 0 Å². The van der Waals surface area contributed by atoms with Crippen LogP contribution >= 0.6 is 0 Å². The van der Waals surface area contributed by atoms with Crippen molar-refractivity contribution in [1.29, 1.82) is 0 Å². The second-order valence-corrected chi connectivity index (χ2v) is 6.04. The fourth-order valence-corrected chi connectivity index (χ4v) is 2.46. The van der Waals surface area contributed by atoms with Crippen LogP contribution in [0.2, 0.25) is 0 Å². The summed E-state index contributed by atoms with van der Waals surface area (Å²) in [4.78, 5) is 3.50. The summed E-state index contributed by atoms with van der Waals surface area (Å²) in [5.74, 6) is 1.68. The van der Waals surface area contributed by atoms with E-state index in [0.29, 0.717) is 6.04 Å². The van der Waals surface area contributed by atoms with Crippen molar-refractivity contribution in [3.05, 3.63) is 60.0 Å². The first-order valence-corrected chi connectivity index (χ1v) is 8.31. The fourth-order valence-electron chi connectivity index (χ4n) is 2.46. The van der Waals surface area contributed by atoms with Gasteiger partial charge in [0.2, 0.25) is 5.36 Å². The Bertz CT molecular complexity index is 944. The summed E-state index contributed by atoms with van der Waals surface area (Å²) >= 11 is 0. The second-order valence-electron chi connectivity index (χ2n) is 6.04. The Balaban J connectivity index is 0.000000465. The highest BCUT2D eigenvalue weighted by Crippen LogP contribution is 2.23. The summed E-state index contributed by atoms with van der Waals surface area (Å²) in [5, 5.41) is 2.18. The number of nitrogens with one attached hydrogen (secondary N) is 1. The quantitative estimate of drug-likeness (QED) is 0.554. The number of fused-ring (bicyclic) bond motifs is 1. The maximum atomic E-state index is 9.75. The normalized spacial score (nSPS) is 12.1. The molecule has 0 spiro atoms. The third-order valence-corrected chi connectivity index (χ3v) is 3.49. The van der Waals surface area contributed by atoms with E-state index in [1.807, 2.05) is 42.5 Å². The largest absolute Gasteiger partial charge is 0.673 e. The van der Waals surface area contributed by atoms with E-state index < -0.39 is 7.25 Å². The van der Waals surface area contributed by atoms with Gasteiger partial charge in [0.1, 0.15) is 23.1 Å². The molecule has 0 unspecified atom stereocenters. The van der Waals surface area contributed by atoms with E-state index in [4.69, 9.17) is 9.15 Å². The number of hydrogen-bond donors (Lipinski definition) is 1. The van der Waals surface area contributed by atoms with Gasteiger partial charge in [-0.2, -0.15) is 0 Å². The van der Waals surface area contributed by atoms with Gasteiger partial charge in [0.05, 0.1) is 18.6 Å². The van der Waals surface area contributed by atoms with E-state index in [1.165, 1.54) is 0 Å². The van der Waals surface area contributed by atoms with Crippen LogP contribution in [0.3, 0.4) is 0 Å². The highest BCUT2D eigenvalue weighted by Gasteiger charge is 2.20. The van der Waals surface area contributed by atoms with Gasteiger partial charge in [-0.15, -0.1) is 0 Å². The van der Waals surface area contributed by atoms with Crippen LogP contribution in [0.5, 0.6) is 5.75 Å². The Morgan fingerprint density at radius 1 is 0.963 bits per heavy atom. The fraction of sp³-hybridized carbons (Fsp3) is 0.211. The van der Waals surface area contributed by atoms with Crippen molar-refractivity contribution >= 4 is 18.2 Å². The van der Waals surface area contributed by atoms with E-state index >= 15 is 0 Å². The first-order valence-electron chi connectivity index (χ1n) is 8.31. The Morgan fingerprint density at radius 3 is 2.11 bits per heavy atom. The standard InChI is InChI=1S/C19H19NO2.BF4/c1-13(2)20-17-12-19(14-8-10-15(21-3)11-9-14)22-18-7-5-4-6-16(17)18;2-1(3,4)5/h4-13H,1-3H3;/q;-1/p+1. The molecule has 27 heavy (non-hydrogen) atoms. The SMILES string of the molecule is COc1ccc(-c2cc(=[NH+]C(C)C)c3ccccc3o2)cc1.F[B-](F)(F)F. The van der Waals surface area contributed by atoms with Crippen LogP contribution in [-0.2, 0) is 0 Å². The number of para-hydroxylation sites is 1. The molecule has 3 aromatic rings. The highest BCUT2D eigenvalue weighted by molar-refractivity contribution is 6.50. The molecule has 1 N–H and O–H groups in total. The first kappa shape index (κ1) is 20.5. The summed E-state index contributed by atoms with van der Waals surface area (Å²) in [6.07, 6.45) is 0. The van der Waals surface area contributed by atoms with Crippen molar-refractivity contribution in [2.24, 2.45) is 0 Å². The summed E-state index contributed by atoms with van der Waals surface area (Å²) in [6.45, 7) is 4.26. The summed E-state index contributed by atoms with van der Waals surface area (Å²) in [5.41, 5.74) is 1.90. The average molecular weight is 381 g/mol. The van der Waals surface area contributed by atoms with Crippen LogP contribution in [0.15, 0.2) is 59.0 Å². The van der Waals surface area contributed by atoms with Crippen molar-refractivity contribution in [2.75, 3.05) is 7.11 Å². The second kappa shape index (κ2) is 8.75. The molecule has 0 aliphatic rings. The molecule has 3 rings (SSSR count). The van der Waals surface area contributed by atoms with Crippen LogP contribution in [0, 0.1) is 0 Å². The van der Waals surface area contributed by atoms with E-state index in [0.717, 1.165) is 33.4 Å². The molecule has 0 amide bonds. The van der Waals surface area contributed by atoms with Gasteiger partial charge in [-0.05, 0) is 50.2 Å². The lowest BCUT2D eigenvalue weighted by Gasteiger charge is -2.04. The minimum absolute atomic E-state index is 0.356. The molecule has 144 valence electrons. The number of halogens is 4. The Labute approximate surface area is 154 Å². The van der Waals surface area contributed by atoms with E-state index in [9.17, 15) is 17.3 Å². The van der Waals surface area contributed by atoms with Gasteiger partial charge in [-0.1, -0.05) is 12.1 Å². The molecule has 0 atom stereocenters. The Hall–Kier alpha value is -2.77. The molecule has 0 aliphatic heterocycles. The smallest absolute Gasteiger partial charge is 0.497 e. The molecule has 1 aromatic heterocycles. The zero-order valence-electron chi connectivity index (χ0n) is 15.2. The van der Waals surface area contributed by atoms with Gasteiger partial charge in [0, 0.05) is 5.56 Å². The molecular weight excluding hydrogens is 361 g/mol. The van der Waals surface area contributed by atoms with Gasteiger partial charge >= 0.3 is 7.25 Å². The highest BCUT2D eigenvalue weighted by atomic mass is 19.5. The van der Waals surface area contributed by atoms with Crippen molar-refractivity contribution in [3.8, 4) is 17.1 Å². The lowest BCUT2D eigenvalue weighted by atomic mass is 10.1. The van der Waals surface area contributed by atoms with Crippen LogP contribution in [0.1, 0.15) is 13.8 Å². The maximum Gasteiger partial charge on any atom is 0.673 e. The van der Waals surface area contributed by atoms with Crippen LogP contribution in [-0.4, -0.2) is 20.4 Å². The van der Waals surface area contributed by atoms with Crippen molar-refractivity contribution in [1.82, 2.24) is 0 Å². The minimum Gasteiger partial charge on any atom is -0.497 e. The van der Waals surface area contributed by atoms with Gasteiger partial charge in [-0.3, -0.25) is 0 Å². The molecular formula is C19H20BF4NO2. The predicted octanol–water partition coefficient (Wildman–Crippen LogP) is 3.80. The van der Waals surface area contributed by atoms with Crippen LogP contribution in [0.25, 0.3) is 22.3 Å². The van der Waals surface area contributed by atoms with Crippen molar-refractivity contribution in [3.63, 3.8) is 0 Å². The summed E-state index contributed by atoms with van der Waals surface area (Å²) < 4.78 is 50.3. The van der Waals surface area contributed by atoms with Crippen molar-refractivity contribution in [2.45, 2.75) is 19.9 Å².